The molecule has 4 nitrogen and oxygen atoms in total. The van der Waals surface area contributed by atoms with E-state index < -0.39 is 12.5 Å². The molecule has 1 heterocycles. The fourth-order valence-corrected chi connectivity index (χ4v) is 3.19. The normalized spacial score (nSPS) is 11.3. The molecule has 0 saturated carbocycles. The number of nitrogens with two attached hydrogens (primary N) is 1. The van der Waals surface area contributed by atoms with Crippen molar-refractivity contribution in [3.05, 3.63) is 59.7 Å². The summed E-state index contributed by atoms with van der Waals surface area (Å²) in [7, 11) is 0. The molecule has 0 atom stereocenters. The molecule has 23 heavy (non-hydrogen) atoms. The SMILES string of the molecule is NC(=O)c1ccc(CSc2nc3ccccc3n2C(F)F)cc1. The molecule has 2 N–H and O–H groups in total. The quantitative estimate of drug-likeness (QED) is 0.722. The van der Waals surface area contributed by atoms with Crippen LogP contribution in [0.5, 0.6) is 0 Å². The molecule has 0 radical (unpaired) electrons. The predicted octanol–water partition coefficient (Wildman–Crippen LogP) is 3.82. The maximum atomic E-state index is 13.3. The number of thioether (sulfide) groups is 1. The van der Waals surface area contributed by atoms with Gasteiger partial charge in [-0.3, -0.25) is 9.36 Å². The van der Waals surface area contributed by atoms with Crippen molar-refractivity contribution in [2.75, 3.05) is 0 Å². The number of carbonyl (C=O) groups excluding carboxylic acids is 1. The molecule has 0 spiro atoms. The topological polar surface area (TPSA) is 60.9 Å². The molecule has 0 aliphatic heterocycles. The molecule has 1 amide bonds. The lowest BCUT2D eigenvalue weighted by Gasteiger charge is -2.07. The summed E-state index contributed by atoms with van der Waals surface area (Å²) in [5, 5.41) is 0.264. The van der Waals surface area contributed by atoms with Crippen molar-refractivity contribution in [1.29, 1.82) is 0 Å². The highest BCUT2D eigenvalue weighted by atomic mass is 32.2. The molecule has 7 heteroatoms. The maximum absolute atomic E-state index is 13.3. The summed E-state index contributed by atoms with van der Waals surface area (Å²) in [5.41, 5.74) is 7.45. The lowest BCUT2D eigenvalue weighted by atomic mass is 10.1. The van der Waals surface area contributed by atoms with Crippen LogP contribution >= 0.6 is 11.8 Å². The van der Waals surface area contributed by atoms with E-state index in [1.165, 1.54) is 11.8 Å². The van der Waals surface area contributed by atoms with E-state index in [2.05, 4.69) is 4.98 Å². The van der Waals surface area contributed by atoms with Crippen LogP contribution in [0.3, 0.4) is 0 Å². The Morgan fingerprint density at radius 1 is 1.17 bits per heavy atom. The number of imidazole rings is 1. The van der Waals surface area contributed by atoms with E-state index in [0.717, 1.165) is 10.1 Å². The molecule has 118 valence electrons. The minimum atomic E-state index is -2.65. The summed E-state index contributed by atoms with van der Waals surface area (Å²) in [5.74, 6) is -0.0292. The van der Waals surface area contributed by atoms with Crippen molar-refractivity contribution in [3.63, 3.8) is 0 Å². The molecular weight excluding hydrogens is 320 g/mol. The van der Waals surface area contributed by atoms with E-state index in [1.54, 1.807) is 48.5 Å². The van der Waals surface area contributed by atoms with Crippen LogP contribution in [-0.2, 0) is 5.75 Å². The smallest absolute Gasteiger partial charge is 0.321 e. The molecule has 0 bridgehead atoms. The molecule has 0 aliphatic carbocycles. The highest BCUT2D eigenvalue weighted by Gasteiger charge is 2.17. The molecule has 3 rings (SSSR count). The lowest BCUT2D eigenvalue weighted by Crippen LogP contribution is -2.10. The summed E-state index contributed by atoms with van der Waals surface area (Å²) < 4.78 is 27.6. The zero-order chi connectivity index (χ0) is 16.4. The number of amides is 1. The third kappa shape index (κ3) is 3.19. The van der Waals surface area contributed by atoms with Gasteiger partial charge >= 0.3 is 6.55 Å². The molecule has 2 aromatic carbocycles. The Morgan fingerprint density at radius 3 is 2.52 bits per heavy atom. The van der Waals surface area contributed by atoms with Crippen molar-refractivity contribution in [3.8, 4) is 0 Å². The van der Waals surface area contributed by atoms with Crippen LogP contribution < -0.4 is 5.73 Å². The van der Waals surface area contributed by atoms with Gasteiger partial charge in [-0.25, -0.2) is 4.98 Å². The molecule has 0 aliphatic rings. The highest BCUT2D eigenvalue weighted by molar-refractivity contribution is 7.98. The average molecular weight is 333 g/mol. The third-order valence-corrected chi connectivity index (χ3v) is 4.39. The van der Waals surface area contributed by atoms with E-state index in [9.17, 15) is 13.6 Å². The number of halogens is 2. The van der Waals surface area contributed by atoms with Crippen LogP contribution in [0.2, 0.25) is 0 Å². The van der Waals surface area contributed by atoms with Gasteiger partial charge in [-0.2, -0.15) is 8.78 Å². The molecule has 0 fully saturated rings. The van der Waals surface area contributed by atoms with Crippen molar-refractivity contribution in [2.24, 2.45) is 5.73 Å². The van der Waals surface area contributed by atoms with Crippen LogP contribution in [0.15, 0.2) is 53.7 Å². The Hall–Kier alpha value is -2.41. The van der Waals surface area contributed by atoms with Gasteiger partial charge in [-0.15, -0.1) is 0 Å². The summed E-state index contributed by atoms with van der Waals surface area (Å²) in [6.45, 7) is -2.65. The van der Waals surface area contributed by atoms with Gasteiger partial charge in [0.2, 0.25) is 5.91 Å². The number of fused-ring (bicyclic) bond motifs is 1. The first-order chi connectivity index (χ1) is 11.1. The van der Waals surface area contributed by atoms with E-state index in [1.807, 2.05) is 0 Å². The van der Waals surface area contributed by atoms with E-state index >= 15 is 0 Å². The first-order valence-corrected chi connectivity index (χ1v) is 7.81. The van der Waals surface area contributed by atoms with Gasteiger partial charge in [0, 0.05) is 11.3 Å². The highest BCUT2D eigenvalue weighted by Crippen LogP contribution is 2.30. The largest absolute Gasteiger partial charge is 0.366 e. The average Bonchev–Trinajstić information content (AvgIpc) is 2.91. The van der Waals surface area contributed by atoms with E-state index in [4.69, 9.17) is 5.73 Å². The monoisotopic (exact) mass is 333 g/mol. The number of primary amides is 1. The number of rotatable bonds is 5. The summed E-state index contributed by atoms with van der Waals surface area (Å²) in [6, 6.07) is 13.6. The number of benzene rings is 2. The second-order valence-corrected chi connectivity index (χ2v) is 5.82. The molecule has 1 aromatic heterocycles. The van der Waals surface area contributed by atoms with Crippen LogP contribution in [0, 0.1) is 0 Å². The molecule has 0 unspecified atom stereocenters. The van der Waals surface area contributed by atoms with Gasteiger partial charge < -0.3 is 5.73 Å². The summed E-state index contributed by atoms with van der Waals surface area (Å²) in [6.07, 6.45) is 0. The van der Waals surface area contributed by atoms with Crippen LogP contribution in [0.1, 0.15) is 22.5 Å². The Labute approximate surface area is 135 Å². The fraction of sp³-hybridized carbons (Fsp3) is 0.125. The number of nitrogens with zero attached hydrogens (tertiary/aromatic N) is 2. The van der Waals surface area contributed by atoms with Crippen molar-refractivity contribution in [1.82, 2.24) is 9.55 Å². The van der Waals surface area contributed by atoms with Gasteiger partial charge in [0.15, 0.2) is 5.16 Å². The second kappa shape index (κ2) is 6.37. The Kier molecular flexibility index (Phi) is 4.29. The fourth-order valence-electron chi connectivity index (χ4n) is 2.23. The minimum absolute atomic E-state index is 0.264. The zero-order valence-corrected chi connectivity index (χ0v) is 12.8. The lowest BCUT2D eigenvalue weighted by molar-refractivity contribution is 0.0656. The number of carbonyl (C=O) groups is 1. The molecule has 0 saturated heterocycles. The Balaban J connectivity index is 1.84. The molecular formula is C16H13F2N3OS. The standard InChI is InChI=1S/C16H13F2N3OS/c17-15(18)21-13-4-2-1-3-12(13)20-16(21)23-9-10-5-7-11(8-6-10)14(19)22/h1-8,15H,9H2,(H2,19,22). The summed E-state index contributed by atoms with van der Waals surface area (Å²) >= 11 is 1.22. The van der Waals surface area contributed by atoms with Gasteiger partial charge in [-0.05, 0) is 29.8 Å². The van der Waals surface area contributed by atoms with Crippen molar-refractivity contribution in [2.45, 2.75) is 17.5 Å². The van der Waals surface area contributed by atoms with Gasteiger partial charge in [-0.1, -0.05) is 36.0 Å². The minimum Gasteiger partial charge on any atom is -0.366 e. The van der Waals surface area contributed by atoms with Crippen molar-refractivity contribution >= 4 is 28.7 Å². The molecule has 3 aromatic rings. The number of hydrogen-bond acceptors (Lipinski definition) is 3. The number of hydrogen-bond donors (Lipinski definition) is 1. The van der Waals surface area contributed by atoms with Crippen LogP contribution in [0.25, 0.3) is 11.0 Å². The number of para-hydroxylation sites is 2. The van der Waals surface area contributed by atoms with E-state index in [0.29, 0.717) is 22.3 Å². The van der Waals surface area contributed by atoms with Gasteiger partial charge in [0.05, 0.1) is 11.0 Å². The van der Waals surface area contributed by atoms with Crippen LogP contribution in [0.4, 0.5) is 8.78 Å². The van der Waals surface area contributed by atoms with Gasteiger partial charge in [0.25, 0.3) is 0 Å². The first-order valence-electron chi connectivity index (χ1n) is 6.83. The van der Waals surface area contributed by atoms with Gasteiger partial charge in [0.1, 0.15) is 0 Å². The maximum Gasteiger partial charge on any atom is 0.321 e. The summed E-state index contributed by atoms with van der Waals surface area (Å²) in [4.78, 5) is 15.3. The van der Waals surface area contributed by atoms with E-state index in [-0.39, 0.29) is 5.16 Å². The number of alkyl halides is 2. The van der Waals surface area contributed by atoms with Crippen LogP contribution in [-0.4, -0.2) is 15.5 Å². The Bertz CT molecular complexity index is 846. The first kappa shape index (κ1) is 15.5. The Morgan fingerprint density at radius 2 is 1.87 bits per heavy atom. The van der Waals surface area contributed by atoms with Crippen molar-refractivity contribution < 1.29 is 13.6 Å². The second-order valence-electron chi connectivity index (χ2n) is 4.88. The third-order valence-electron chi connectivity index (χ3n) is 3.37. The predicted molar refractivity (Wildman–Crippen MR) is 85.5 cm³/mol. The number of aromatic nitrogens is 2. The zero-order valence-electron chi connectivity index (χ0n) is 11.9.